The number of aromatic nitrogens is 1. The molecule has 0 aliphatic carbocycles. The minimum Gasteiger partial charge on any atom is -0.505 e. The Balaban J connectivity index is 1.61. The Labute approximate surface area is 225 Å². The lowest BCUT2D eigenvalue weighted by Crippen LogP contribution is -1.95. The number of phenols is 1. The van der Waals surface area contributed by atoms with Crippen LogP contribution < -0.4 is 4.74 Å². The van der Waals surface area contributed by atoms with Crippen LogP contribution in [0.4, 0.5) is 11.4 Å². The largest absolute Gasteiger partial charge is 0.505 e. The zero-order chi connectivity index (χ0) is 27.7. The Morgan fingerprint density at radius 1 is 0.897 bits per heavy atom. The lowest BCUT2D eigenvalue weighted by molar-refractivity contribution is 0.0697. The molecule has 1 aromatic heterocycles. The Hall–Kier alpha value is -5.11. The Morgan fingerprint density at radius 2 is 1.64 bits per heavy atom. The smallest absolute Gasteiger partial charge is 0.335 e. The van der Waals surface area contributed by atoms with Crippen LogP contribution in [0.1, 0.15) is 35.7 Å². The van der Waals surface area contributed by atoms with Crippen molar-refractivity contribution in [2.75, 3.05) is 7.11 Å². The molecule has 0 bridgehead atoms. The van der Waals surface area contributed by atoms with Gasteiger partial charge in [0.15, 0.2) is 11.4 Å². The van der Waals surface area contributed by atoms with E-state index < -0.39 is 5.97 Å². The molecule has 0 unspecified atom stereocenters. The Kier molecular flexibility index (Phi) is 6.77. The van der Waals surface area contributed by atoms with Crippen molar-refractivity contribution in [2.24, 2.45) is 10.2 Å². The third-order valence-electron chi connectivity index (χ3n) is 6.63. The van der Waals surface area contributed by atoms with Crippen molar-refractivity contribution in [3.05, 3.63) is 96.1 Å². The first-order chi connectivity index (χ1) is 18.8. The molecule has 0 fully saturated rings. The molecule has 0 radical (unpaired) electrons. The molecule has 0 atom stereocenters. The third kappa shape index (κ3) is 4.80. The van der Waals surface area contributed by atoms with Gasteiger partial charge < -0.3 is 20.1 Å². The van der Waals surface area contributed by atoms with Crippen molar-refractivity contribution in [2.45, 2.75) is 19.8 Å². The minimum atomic E-state index is -1.06. The number of para-hydroxylation sites is 1. The fourth-order valence-corrected chi connectivity index (χ4v) is 4.50. The highest BCUT2D eigenvalue weighted by atomic mass is 16.5. The molecule has 39 heavy (non-hydrogen) atoms. The number of hydrogen-bond acceptors (Lipinski definition) is 6. The summed E-state index contributed by atoms with van der Waals surface area (Å²) in [5.41, 5.74) is 4.08. The van der Waals surface area contributed by atoms with Crippen LogP contribution >= 0.6 is 0 Å². The quantitative estimate of drug-likeness (QED) is 0.188. The van der Waals surface area contributed by atoms with Crippen LogP contribution in [0.3, 0.4) is 0 Å². The van der Waals surface area contributed by atoms with Crippen molar-refractivity contribution in [3.8, 4) is 34.2 Å². The van der Waals surface area contributed by atoms with Gasteiger partial charge in [0.1, 0.15) is 11.4 Å². The van der Waals surface area contributed by atoms with Gasteiger partial charge in [-0.3, -0.25) is 4.57 Å². The zero-order valence-electron chi connectivity index (χ0n) is 21.7. The highest BCUT2D eigenvalue weighted by molar-refractivity contribution is 5.97. The van der Waals surface area contributed by atoms with E-state index in [1.54, 1.807) is 48.1 Å². The number of carboxylic acid groups (broad SMARTS) is 1. The van der Waals surface area contributed by atoms with Gasteiger partial charge in [0.05, 0.1) is 18.2 Å². The van der Waals surface area contributed by atoms with E-state index in [4.69, 9.17) is 4.74 Å². The Bertz CT molecular complexity index is 1720. The number of carbonyl (C=O) groups is 1. The molecular weight excluding hydrogens is 494 g/mol. The van der Waals surface area contributed by atoms with Crippen LogP contribution in [-0.2, 0) is 0 Å². The number of hydrogen-bond donors (Lipinski definition) is 3. The molecule has 5 aromatic rings. The van der Waals surface area contributed by atoms with E-state index in [0.717, 1.165) is 5.69 Å². The molecule has 1 heterocycles. The molecule has 0 aliphatic rings. The van der Waals surface area contributed by atoms with Gasteiger partial charge in [-0.1, -0.05) is 50.2 Å². The molecule has 3 N–H and O–H groups in total. The van der Waals surface area contributed by atoms with Crippen LogP contribution in [0.25, 0.3) is 27.7 Å². The molecule has 0 amide bonds. The number of aromatic carboxylic acids is 1. The normalized spacial score (nSPS) is 11.5. The number of benzene rings is 4. The highest BCUT2D eigenvalue weighted by Crippen LogP contribution is 2.44. The van der Waals surface area contributed by atoms with E-state index in [9.17, 15) is 20.1 Å². The zero-order valence-corrected chi connectivity index (χ0v) is 21.7. The van der Waals surface area contributed by atoms with Crippen molar-refractivity contribution in [1.82, 2.24) is 4.57 Å². The van der Waals surface area contributed by atoms with Gasteiger partial charge in [0.2, 0.25) is 5.88 Å². The predicted molar refractivity (Wildman–Crippen MR) is 150 cm³/mol. The molecule has 4 aromatic carbocycles. The summed E-state index contributed by atoms with van der Waals surface area (Å²) in [6.07, 6.45) is 0. The molecular formula is C31H27N3O5. The van der Waals surface area contributed by atoms with Crippen LogP contribution in [0, 0.1) is 0 Å². The van der Waals surface area contributed by atoms with E-state index in [1.807, 2.05) is 36.4 Å². The summed E-state index contributed by atoms with van der Waals surface area (Å²) in [5.74, 6) is -0.363. The molecule has 5 rings (SSSR count). The van der Waals surface area contributed by atoms with Crippen LogP contribution in [-0.4, -0.2) is 33.0 Å². The fraction of sp³-hybridized carbons (Fsp3) is 0.129. The summed E-state index contributed by atoms with van der Waals surface area (Å²) in [6.45, 7) is 4.24. The van der Waals surface area contributed by atoms with Crippen molar-refractivity contribution >= 4 is 28.2 Å². The summed E-state index contributed by atoms with van der Waals surface area (Å²) >= 11 is 0. The molecule has 0 spiro atoms. The second-order valence-electron chi connectivity index (χ2n) is 9.40. The number of nitrogens with zero attached hydrogens (tertiary/aromatic N) is 3. The van der Waals surface area contributed by atoms with Gasteiger partial charge in [-0.25, -0.2) is 4.79 Å². The van der Waals surface area contributed by atoms with Crippen molar-refractivity contribution < 1.29 is 24.9 Å². The van der Waals surface area contributed by atoms with Crippen molar-refractivity contribution in [1.29, 1.82) is 0 Å². The van der Waals surface area contributed by atoms with Crippen molar-refractivity contribution in [3.63, 3.8) is 0 Å². The standard InChI is InChI=1S/C31H27N3O5/c1-18(2)19-10-12-22(13-11-19)34-27-15-14-23(39-3)17-25(27)28(30(34)36)33-32-26-9-5-8-24(29(26)35)20-6-4-7-21(16-20)31(37)38/h4-18,35-36H,1-3H3,(H,37,38). The van der Waals surface area contributed by atoms with Gasteiger partial charge in [0.25, 0.3) is 0 Å². The number of fused-ring (bicyclic) bond motifs is 1. The third-order valence-corrected chi connectivity index (χ3v) is 6.63. The maximum atomic E-state index is 11.4. The molecule has 8 heteroatoms. The number of methoxy groups -OCH3 is 1. The topological polar surface area (TPSA) is 117 Å². The first-order valence-corrected chi connectivity index (χ1v) is 12.4. The summed E-state index contributed by atoms with van der Waals surface area (Å²) < 4.78 is 7.10. The number of phenolic OH excluding ortho intramolecular Hbond substituents is 1. The SMILES string of the molecule is COc1ccc2c(c1)c(N=Nc1cccc(-c3cccc(C(=O)O)c3)c1O)c(O)n2-c1ccc(C(C)C)cc1. The van der Waals surface area contributed by atoms with Crippen LogP contribution in [0.15, 0.2) is 95.2 Å². The molecule has 0 saturated carbocycles. The van der Waals surface area contributed by atoms with Gasteiger partial charge in [0, 0.05) is 16.6 Å². The first-order valence-electron chi connectivity index (χ1n) is 12.4. The summed E-state index contributed by atoms with van der Waals surface area (Å²) in [5, 5.41) is 40.9. The van der Waals surface area contributed by atoms with Gasteiger partial charge in [-0.2, -0.15) is 0 Å². The van der Waals surface area contributed by atoms with E-state index in [-0.39, 0.29) is 28.6 Å². The predicted octanol–water partition coefficient (Wildman–Crippen LogP) is 7.95. The lowest BCUT2D eigenvalue weighted by Gasteiger charge is -2.10. The minimum absolute atomic E-state index is 0.104. The van der Waals surface area contributed by atoms with Crippen LogP contribution in [0.2, 0.25) is 0 Å². The van der Waals surface area contributed by atoms with E-state index in [1.165, 1.54) is 17.7 Å². The highest BCUT2D eigenvalue weighted by Gasteiger charge is 2.20. The number of carboxylic acids is 1. The number of ether oxygens (including phenoxy) is 1. The van der Waals surface area contributed by atoms with E-state index in [2.05, 4.69) is 24.1 Å². The average Bonchev–Trinajstić information content (AvgIpc) is 3.22. The lowest BCUT2D eigenvalue weighted by atomic mass is 10.0. The Morgan fingerprint density at radius 3 is 2.33 bits per heavy atom. The molecule has 8 nitrogen and oxygen atoms in total. The summed E-state index contributed by atoms with van der Waals surface area (Å²) in [7, 11) is 1.56. The molecule has 0 saturated heterocycles. The second kappa shape index (κ2) is 10.3. The van der Waals surface area contributed by atoms with E-state index >= 15 is 0 Å². The van der Waals surface area contributed by atoms with Crippen LogP contribution in [0.5, 0.6) is 17.4 Å². The van der Waals surface area contributed by atoms with E-state index in [0.29, 0.717) is 33.7 Å². The maximum Gasteiger partial charge on any atom is 0.335 e. The number of rotatable bonds is 7. The molecule has 0 aliphatic heterocycles. The second-order valence-corrected chi connectivity index (χ2v) is 9.40. The van der Waals surface area contributed by atoms with Gasteiger partial charge >= 0.3 is 5.97 Å². The number of azo groups is 1. The summed E-state index contributed by atoms with van der Waals surface area (Å²) in [4.78, 5) is 11.4. The maximum absolute atomic E-state index is 11.4. The number of aromatic hydroxyl groups is 2. The average molecular weight is 522 g/mol. The fourth-order valence-electron chi connectivity index (χ4n) is 4.50. The van der Waals surface area contributed by atoms with Gasteiger partial charge in [-0.05, 0) is 65.6 Å². The first kappa shape index (κ1) is 25.5. The molecule has 196 valence electrons. The monoisotopic (exact) mass is 521 g/mol. The van der Waals surface area contributed by atoms with Gasteiger partial charge in [-0.15, -0.1) is 10.2 Å². The summed E-state index contributed by atoms with van der Waals surface area (Å²) in [6, 6.07) is 24.6.